The lowest BCUT2D eigenvalue weighted by molar-refractivity contribution is -0.177. The van der Waals surface area contributed by atoms with Crippen molar-refractivity contribution in [3.05, 3.63) is 70.1 Å². The number of nitrogens with one attached hydrogen (secondary N) is 3. The average molecular weight is 566 g/mol. The number of halogens is 5. The Balaban J connectivity index is 1.63. The lowest BCUT2D eigenvalue weighted by Crippen LogP contribution is -2.57. The average Bonchev–Trinajstić information content (AvgIpc) is 3.40. The highest BCUT2D eigenvalue weighted by Crippen LogP contribution is 2.47. The van der Waals surface area contributed by atoms with Crippen molar-refractivity contribution in [3.8, 4) is 6.57 Å². The Morgan fingerprint density at radius 2 is 1.85 bits per heavy atom. The number of amides is 4. The molecule has 1 saturated heterocycles. The van der Waals surface area contributed by atoms with Gasteiger partial charge in [0.25, 0.3) is 18.4 Å². The Morgan fingerprint density at radius 1 is 1.15 bits per heavy atom. The van der Waals surface area contributed by atoms with Gasteiger partial charge in [0.05, 0.1) is 6.42 Å². The number of aliphatic hydroxyl groups is 1. The summed E-state index contributed by atoms with van der Waals surface area (Å²) in [6.45, 7) is 5.15. The molecule has 0 bridgehead atoms. The van der Waals surface area contributed by atoms with Gasteiger partial charge in [0.2, 0.25) is 12.1 Å². The number of carbonyl (C=O) groups is 4. The molecule has 0 saturated carbocycles. The van der Waals surface area contributed by atoms with Crippen LogP contribution in [0.2, 0.25) is 0 Å². The third kappa shape index (κ3) is 5.43. The Hall–Kier alpha value is -4.58. The zero-order chi connectivity index (χ0) is 29.4. The molecule has 2 aliphatic rings. The van der Waals surface area contributed by atoms with Crippen molar-refractivity contribution in [2.75, 3.05) is 11.9 Å². The summed E-state index contributed by atoms with van der Waals surface area (Å²) in [7, 11) is 0. The molecule has 4 N–H and O–H groups in total. The zero-order valence-electron chi connectivity index (χ0n) is 20.3. The molecule has 4 atom stereocenters. The minimum absolute atomic E-state index is 0.164. The summed E-state index contributed by atoms with van der Waals surface area (Å²) in [5.74, 6) is -7.03. The molecule has 1 spiro atoms. The van der Waals surface area contributed by atoms with Crippen molar-refractivity contribution in [3.63, 3.8) is 0 Å². The third-order valence-corrected chi connectivity index (χ3v) is 6.68. The van der Waals surface area contributed by atoms with Gasteiger partial charge in [0.1, 0.15) is 23.1 Å². The summed E-state index contributed by atoms with van der Waals surface area (Å²) in [6.07, 6.45) is -9.85. The van der Waals surface area contributed by atoms with Crippen molar-refractivity contribution in [2.45, 2.75) is 42.9 Å². The number of nitrogens with zero attached hydrogens (tertiary/aromatic N) is 2. The van der Waals surface area contributed by atoms with Gasteiger partial charge in [-0.15, -0.1) is 0 Å². The lowest BCUT2D eigenvalue weighted by atomic mass is 9.80. The van der Waals surface area contributed by atoms with Crippen LogP contribution in [0.3, 0.4) is 0 Å². The van der Waals surface area contributed by atoms with E-state index in [1.807, 2.05) is 0 Å². The molecule has 0 aliphatic carbocycles. The van der Waals surface area contributed by atoms with Gasteiger partial charge < -0.3 is 21.1 Å². The molecule has 0 radical (unpaired) electrons. The van der Waals surface area contributed by atoms with Gasteiger partial charge in [-0.2, -0.15) is 13.2 Å². The zero-order valence-corrected chi connectivity index (χ0v) is 20.3. The molecular weight excluding hydrogens is 545 g/mol. The van der Waals surface area contributed by atoms with Gasteiger partial charge in [-0.05, 0) is 41.5 Å². The number of anilines is 1. The molecule has 0 unspecified atom stereocenters. The highest BCUT2D eigenvalue weighted by Gasteiger charge is 2.60. The Labute approximate surface area is 223 Å². The lowest BCUT2D eigenvalue weighted by Gasteiger charge is -2.26. The number of benzene rings is 2. The van der Waals surface area contributed by atoms with Crippen LogP contribution >= 0.6 is 0 Å². The molecule has 15 heteroatoms. The molecule has 2 aromatic carbocycles. The molecule has 4 rings (SSSR count). The van der Waals surface area contributed by atoms with Crippen molar-refractivity contribution in [1.82, 2.24) is 15.5 Å². The largest absolute Gasteiger partial charge is 0.471 e. The van der Waals surface area contributed by atoms with E-state index in [0.717, 1.165) is 34.5 Å². The van der Waals surface area contributed by atoms with Gasteiger partial charge >= 0.3 is 18.2 Å². The fourth-order valence-corrected chi connectivity index (χ4v) is 4.81. The minimum Gasteiger partial charge on any atom is -0.365 e. The predicted octanol–water partition coefficient (Wildman–Crippen LogP) is 1.40. The molecule has 0 aromatic heterocycles. The van der Waals surface area contributed by atoms with Crippen LogP contribution in [-0.4, -0.2) is 64.8 Å². The van der Waals surface area contributed by atoms with Crippen LogP contribution in [0.5, 0.6) is 0 Å². The molecule has 2 aromatic rings. The van der Waals surface area contributed by atoms with E-state index in [2.05, 4.69) is 15.5 Å². The second-order valence-corrected chi connectivity index (χ2v) is 9.30. The van der Waals surface area contributed by atoms with Gasteiger partial charge in [0.15, 0.2) is 0 Å². The summed E-state index contributed by atoms with van der Waals surface area (Å²) >= 11 is 0. The summed E-state index contributed by atoms with van der Waals surface area (Å²) in [5.41, 5.74) is -0.732. The van der Waals surface area contributed by atoms with E-state index in [4.69, 9.17) is 6.57 Å². The number of carbonyl (C=O) groups excluding carboxylic acids is 4. The Morgan fingerprint density at radius 3 is 2.50 bits per heavy atom. The Kier molecular flexibility index (Phi) is 7.48. The SMILES string of the molecule is C#[N+][C@@H]1C[C@@]2(CN1C(=O)[C@H](Cc1cccc(F)c1)NC(=O)[C@H](O)NC(=O)C(F)(F)F)C(=O)Nc1ccc(F)cc12. The smallest absolute Gasteiger partial charge is 0.365 e. The van der Waals surface area contributed by atoms with Crippen LogP contribution in [0, 0.1) is 18.2 Å². The van der Waals surface area contributed by atoms with Crippen LogP contribution in [0.15, 0.2) is 42.5 Å². The number of alkyl halides is 3. The topological polar surface area (TPSA) is 132 Å². The highest BCUT2D eigenvalue weighted by atomic mass is 19.4. The van der Waals surface area contributed by atoms with Crippen molar-refractivity contribution >= 4 is 29.3 Å². The van der Waals surface area contributed by atoms with Crippen LogP contribution in [0.25, 0.3) is 4.85 Å². The molecule has 1 fully saturated rings. The highest BCUT2D eigenvalue weighted by molar-refractivity contribution is 6.07. The van der Waals surface area contributed by atoms with Crippen molar-refractivity contribution in [2.24, 2.45) is 0 Å². The summed E-state index contributed by atoms with van der Waals surface area (Å²) < 4.78 is 65.6. The van der Waals surface area contributed by atoms with Gasteiger partial charge in [-0.1, -0.05) is 17.0 Å². The molecule has 210 valence electrons. The second-order valence-electron chi connectivity index (χ2n) is 9.30. The van der Waals surface area contributed by atoms with Crippen LogP contribution < -0.4 is 16.0 Å². The first-order valence-electron chi connectivity index (χ1n) is 11.7. The molecular formula is C25H21F5N5O5+. The van der Waals surface area contributed by atoms with Crippen molar-refractivity contribution in [1.29, 1.82) is 0 Å². The maximum atomic E-state index is 14.1. The third-order valence-electron chi connectivity index (χ3n) is 6.68. The fourth-order valence-electron chi connectivity index (χ4n) is 4.81. The van der Waals surface area contributed by atoms with Gasteiger partial charge in [-0.3, -0.25) is 24.1 Å². The molecule has 10 nitrogen and oxygen atoms in total. The van der Waals surface area contributed by atoms with Crippen molar-refractivity contribution < 1.29 is 46.2 Å². The normalized spacial score (nSPS) is 21.3. The maximum absolute atomic E-state index is 14.1. The van der Waals surface area contributed by atoms with Crippen LogP contribution in [0.1, 0.15) is 17.5 Å². The first-order valence-corrected chi connectivity index (χ1v) is 11.7. The number of aliphatic hydroxyl groups excluding tert-OH is 1. The molecule has 2 heterocycles. The summed E-state index contributed by atoms with van der Waals surface area (Å²) in [5, 5.41) is 15.6. The number of likely N-dealkylation sites (tertiary alicyclic amines) is 1. The van der Waals surface area contributed by atoms with E-state index >= 15 is 0 Å². The van der Waals surface area contributed by atoms with E-state index in [-0.39, 0.29) is 24.1 Å². The maximum Gasteiger partial charge on any atom is 0.471 e. The van der Waals surface area contributed by atoms with E-state index in [1.54, 1.807) is 0 Å². The summed E-state index contributed by atoms with van der Waals surface area (Å²) in [6, 6.07) is 6.81. The number of hydrogen-bond acceptors (Lipinski definition) is 5. The standard InChI is InChI=1S/C25H20F5N5O5/c1-31-18-10-24(15-9-14(27)5-6-16(15)33-22(24)39)11-35(18)21(38)17(8-12-3-2-4-13(26)7-12)32-19(36)20(37)34-23(40)25(28,29)30/h1-7,9,17-18,20,37H,8,10-11H2,(H2-,32,33,34,36,39,40)/p+1/t17-,18-,20-,24-/m0/s1. The van der Waals surface area contributed by atoms with E-state index < -0.39 is 71.7 Å². The van der Waals surface area contributed by atoms with Gasteiger partial charge in [-0.25, -0.2) is 8.78 Å². The first-order chi connectivity index (χ1) is 18.7. The quantitative estimate of drug-likeness (QED) is 0.310. The van der Waals surface area contributed by atoms with Crippen LogP contribution in [-0.2, 0) is 31.0 Å². The summed E-state index contributed by atoms with van der Waals surface area (Å²) in [4.78, 5) is 55.0. The monoisotopic (exact) mass is 566 g/mol. The molecule has 40 heavy (non-hydrogen) atoms. The first kappa shape index (κ1) is 28.4. The number of hydrogen-bond donors (Lipinski definition) is 4. The molecule has 4 amide bonds. The predicted molar refractivity (Wildman–Crippen MR) is 127 cm³/mol. The van der Waals surface area contributed by atoms with Crippen LogP contribution in [0.4, 0.5) is 27.6 Å². The molecule has 2 aliphatic heterocycles. The number of rotatable bonds is 6. The Bertz CT molecular complexity index is 1430. The van der Waals surface area contributed by atoms with E-state index in [0.29, 0.717) is 5.69 Å². The second kappa shape index (κ2) is 10.5. The van der Waals surface area contributed by atoms with E-state index in [9.17, 15) is 46.2 Å². The van der Waals surface area contributed by atoms with E-state index in [1.165, 1.54) is 18.2 Å². The fraction of sp³-hybridized carbons (Fsp3) is 0.320. The van der Waals surface area contributed by atoms with Gasteiger partial charge in [0, 0.05) is 18.7 Å². The minimum atomic E-state index is -5.41. The number of fused-ring (bicyclic) bond motifs is 2.